The molecule has 0 saturated carbocycles. The molecule has 0 saturated heterocycles. The van der Waals surface area contributed by atoms with Crippen LogP contribution in [-0.2, 0) is 6.54 Å². The van der Waals surface area contributed by atoms with Crippen LogP contribution in [0.1, 0.15) is 32.0 Å². The molecule has 1 aliphatic heterocycles. The fourth-order valence-corrected chi connectivity index (χ4v) is 2.46. The van der Waals surface area contributed by atoms with Gasteiger partial charge in [0, 0.05) is 24.6 Å². The maximum atomic E-state index is 5.63. The Morgan fingerprint density at radius 1 is 1.32 bits per heavy atom. The van der Waals surface area contributed by atoms with Gasteiger partial charge in [0.25, 0.3) is 0 Å². The molecule has 2 N–H and O–H groups in total. The number of nitrogens with two attached hydrogens (primary N) is 1. The van der Waals surface area contributed by atoms with Gasteiger partial charge in [-0.2, -0.15) is 0 Å². The van der Waals surface area contributed by atoms with Gasteiger partial charge in [0.05, 0.1) is 11.0 Å². The lowest BCUT2D eigenvalue weighted by atomic mass is 10.2. The zero-order valence-electron chi connectivity index (χ0n) is 11.3. The maximum absolute atomic E-state index is 5.63. The van der Waals surface area contributed by atoms with Gasteiger partial charge in [-0.05, 0) is 13.0 Å². The number of rotatable bonds is 4. The van der Waals surface area contributed by atoms with Crippen molar-refractivity contribution in [1.82, 2.24) is 9.55 Å². The third-order valence-corrected chi connectivity index (χ3v) is 3.37. The Balaban J connectivity index is 2.14. The van der Waals surface area contributed by atoms with E-state index in [1.165, 1.54) is 0 Å². The van der Waals surface area contributed by atoms with Crippen LogP contribution in [0.2, 0.25) is 0 Å². The second kappa shape index (κ2) is 4.74. The third-order valence-electron chi connectivity index (χ3n) is 3.37. The number of ether oxygens (including phenoxy) is 2. The zero-order chi connectivity index (χ0) is 13.4. The van der Waals surface area contributed by atoms with E-state index >= 15 is 0 Å². The van der Waals surface area contributed by atoms with E-state index < -0.39 is 0 Å². The van der Waals surface area contributed by atoms with Crippen molar-refractivity contribution in [2.24, 2.45) is 5.73 Å². The fraction of sp³-hybridized carbons (Fsp3) is 0.500. The minimum Gasteiger partial charge on any atom is -0.454 e. The summed E-state index contributed by atoms with van der Waals surface area (Å²) < 4.78 is 13.1. The summed E-state index contributed by atoms with van der Waals surface area (Å²) >= 11 is 0. The summed E-state index contributed by atoms with van der Waals surface area (Å²) in [7, 11) is 0. The first kappa shape index (κ1) is 12.3. The van der Waals surface area contributed by atoms with Gasteiger partial charge in [-0.3, -0.25) is 0 Å². The predicted molar refractivity (Wildman–Crippen MR) is 73.6 cm³/mol. The van der Waals surface area contributed by atoms with Gasteiger partial charge in [-0.25, -0.2) is 4.98 Å². The molecule has 1 aromatic carbocycles. The summed E-state index contributed by atoms with van der Waals surface area (Å²) in [6.45, 7) is 6.17. The van der Waals surface area contributed by atoms with Crippen molar-refractivity contribution in [2.75, 3.05) is 13.3 Å². The molecule has 3 rings (SSSR count). The molecule has 0 bridgehead atoms. The molecule has 0 spiro atoms. The van der Waals surface area contributed by atoms with E-state index in [0.717, 1.165) is 41.3 Å². The minimum atomic E-state index is 0.293. The molecule has 0 radical (unpaired) electrons. The number of aryl methyl sites for hydroxylation is 1. The number of nitrogens with zero attached hydrogens (tertiary/aromatic N) is 2. The standard InChI is InChI=1S/C14H19N3O2/c1-9(2)14-16-10-6-12-13(19-8-18-12)7-11(10)17(14)5-3-4-15/h6-7,9H,3-5,8,15H2,1-2H3. The highest BCUT2D eigenvalue weighted by Gasteiger charge is 2.19. The number of benzene rings is 1. The van der Waals surface area contributed by atoms with Gasteiger partial charge in [0.1, 0.15) is 5.82 Å². The van der Waals surface area contributed by atoms with E-state index in [2.05, 4.69) is 18.4 Å². The molecule has 102 valence electrons. The molecule has 0 aliphatic carbocycles. The highest BCUT2D eigenvalue weighted by atomic mass is 16.7. The summed E-state index contributed by atoms with van der Waals surface area (Å²) in [5, 5.41) is 0. The van der Waals surface area contributed by atoms with Gasteiger partial charge in [-0.15, -0.1) is 0 Å². The number of fused-ring (bicyclic) bond motifs is 2. The van der Waals surface area contributed by atoms with Crippen LogP contribution in [0.3, 0.4) is 0 Å². The quantitative estimate of drug-likeness (QED) is 0.916. The Labute approximate surface area is 112 Å². The highest BCUT2D eigenvalue weighted by Crippen LogP contribution is 2.37. The lowest BCUT2D eigenvalue weighted by Crippen LogP contribution is -2.09. The monoisotopic (exact) mass is 261 g/mol. The lowest BCUT2D eigenvalue weighted by molar-refractivity contribution is 0.174. The molecule has 0 fully saturated rings. The smallest absolute Gasteiger partial charge is 0.231 e. The van der Waals surface area contributed by atoms with Crippen LogP contribution in [0.5, 0.6) is 11.5 Å². The van der Waals surface area contributed by atoms with Crippen LogP contribution in [0, 0.1) is 0 Å². The van der Waals surface area contributed by atoms with E-state index in [1.54, 1.807) is 0 Å². The van der Waals surface area contributed by atoms with Crippen LogP contribution < -0.4 is 15.2 Å². The largest absolute Gasteiger partial charge is 0.454 e. The first-order valence-corrected chi connectivity index (χ1v) is 6.70. The molecule has 0 unspecified atom stereocenters. The van der Waals surface area contributed by atoms with Gasteiger partial charge in [0.15, 0.2) is 11.5 Å². The average molecular weight is 261 g/mol. The van der Waals surface area contributed by atoms with Crippen LogP contribution in [0.15, 0.2) is 12.1 Å². The van der Waals surface area contributed by atoms with E-state index in [-0.39, 0.29) is 0 Å². The topological polar surface area (TPSA) is 62.3 Å². The Morgan fingerprint density at radius 3 is 2.74 bits per heavy atom. The molecule has 2 aromatic rings. The average Bonchev–Trinajstić information content (AvgIpc) is 2.97. The number of imidazole rings is 1. The van der Waals surface area contributed by atoms with Crippen LogP contribution in [0.25, 0.3) is 11.0 Å². The summed E-state index contributed by atoms with van der Waals surface area (Å²) in [6.07, 6.45) is 0.944. The zero-order valence-corrected chi connectivity index (χ0v) is 11.3. The van der Waals surface area contributed by atoms with Crippen molar-refractivity contribution in [3.05, 3.63) is 18.0 Å². The molecule has 0 atom stereocenters. The van der Waals surface area contributed by atoms with Gasteiger partial charge < -0.3 is 19.8 Å². The van der Waals surface area contributed by atoms with Crippen molar-refractivity contribution in [3.63, 3.8) is 0 Å². The van der Waals surface area contributed by atoms with E-state index in [4.69, 9.17) is 20.2 Å². The summed E-state index contributed by atoms with van der Waals surface area (Å²) in [6, 6.07) is 3.98. The predicted octanol–water partition coefficient (Wildman–Crippen LogP) is 2.24. The number of aromatic nitrogens is 2. The molecular formula is C14H19N3O2. The van der Waals surface area contributed by atoms with Crippen molar-refractivity contribution >= 4 is 11.0 Å². The summed E-state index contributed by atoms with van der Waals surface area (Å²) in [4.78, 5) is 4.73. The lowest BCUT2D eigenvalue weighted by Gasteiger charge is -2.10. The van der Waals surface area contributed by atoms with Crippen molar-refractivity contribution in [1.29, 1.82) is 0 Å². The van der Waals surface area contributed by atoms with E-state index in [9.17, 15) is 0 Å². The molecule has 0 amide bonds. The third kappa shape index (κ3) is 2.04. The van der Waals surface area contributed by atoms with Gasteiger partial charge in [0.2, 0.25) is 6.79 Å². The highest BCUT2D eigenvalue weighted by molar-refractivity contribution is 5.81. The Bertz CT molecular complexity index is 604. The van der Waals surface area contributed by atoms with Gasteiger partial charge in [-0.1, -0.05) is 13.8 Å². The first-order valence-electron chi connectivity index (χ1n) is 6.70. The second-order valence-electron chi connectivity index (χ2n) is 5.11. The Morgan fingerprint density at radius 2 is 2.05 bits per heavy atom. The first-order chi connectivity index (χ1) is 9.20. The second-order valence-corrected chi connectivity index (χ2v) is 5.11. The molecule has 5 heteroatoms. The van der Waals surface area contributed by atoms with Crippen LogP contribution in [-0.4, -0.2) is 22.9 Å². The normalized spacial score (nSPS) is 13.7. The molecule has 2 heterocycles. The Hall–Kier alpha value is -1.75. The Kier molecular flexibility index (Phi) is 3.06. The molecule has 1 aliphatic rings. The van der Waals surface area contributed by atoms with E-state index in [0.29, 0.717) is 19.3 Å². The van der Waals surface area contributed by atoms with Gasteiger partial charge >= 0.3 is 0 Å². The maximum Gasteiger partial charge on any atom is 0.231 e. The SMILES string of the molecule is CC(C)c1nc2cc3c(cc2n1CCCN)OCO3. The van der Waals surface area contributed by atoms with Crippen molar-refractivity contribution in [3.8, 4) is 11.5 Å². The molecule has 5 nitrogen and oxygen atoms in total. The molecular weight excluding hydrogens is 242 g/mol. The van der Waals surface area contributed by atoms with Crippen LogP contribution in [0.4, 0.5) is 0 Å². The summed E-state index contributed by atoms with van der Waals surface area (Å²) in [5.74, 6) is 3.05. The number of hydrogen-bond acceptors (Lipinski definition) is 4. The van der Waals surface area contributed by atoms with E-state index in [1.807, 2.05) is 12.1 Å². The molecule has 1 aromatic heterocycles. The van der Waals surface area contributed by atoms with Crippen LogP contribution >= 0.6 is 0 Å². The van der Waals surface area contributed by atoms with Crippen molar-refractivity contribution in [2.45, 2.75) is 32.7 Å². The number of hydrogen-bond donors (Lipinski definition) is 1. The summed E-state index contributed by atoms with van der Waals surface area (Å²) in [5.41, 5.74) is 7.69. The minimum absolute atomic E-state index is 0.293. The molecule has 19 heavy (non-hydrogen) atoms. The van der Waals surface area contributed by atoms with Crippen molar-refractivity contribution < 1.29 is 9.47 Å². The fourth-order valence-electron chi connectivity index (χ4n) is 2.46.